The maximum Gasteiger partial charge on any atom is 0.305 e. The Labute approximate surface area is 141 Å². The van der Waals surface area contributed by atoms with Crippen molar-refractivity contribution in [2.24, 2.45) is 0 Å². The second-order valence-corrected chi connectivity index (χ2v) is 5.82. The van der Waals surface area contributed by atoms with Gasteiger partial charge in [0.05, 0.1) is 19.3 Å². The van der Waals surface area contributed by atoms with Crippen molar-refractivity contribution >= 4 is 5.97 Å². The highest BCUT2D eigenvalue weighted by Crippen LogP contribution is 2.17. The monoisotopic (exact) mass is 330 g/mol. The summed E-state index contributed by atoms with van der Waals surface area (Å²) >= 11 is 0. The van der Waals surface area contributed by atoms with E-state index in [0.29, 0.717) is 31.8 Å². The van der Waals surface area contributed by atoms with Crippen molar-refractivity contribution in [3.05, 3.63) is 30.3 Å². The van der Waals surface area contributed by atoms with E-state index in [1.807, 2.05) is 30.3 Å². The molecule has 0 radical (unpaired) electrons. The van der Waals surface area contributed by atoms with Gasteiger partial charge in [-0.05, 0) is 24.5 Å². The number of ether oxygens (including phenoxy) is 2. The van der Waals surface area contributed by atoms with Crippen LogP contribution >= 0.6 is 0 Å². The molecule has 0 bridgehead atoms. The van der Waals surface area contributed by atoms with E-state index in [9.17, 15) is 4.79 Å². The van der Waals surface area contributed by atoms with E-state index in [1.165, 1.54) is 4.80 Å². The van der Waals surface area contributed by atoms with Gasteiger partial charge < -0.3 is 9.47 Å². The van der Waals surface area contributed by atoms with Crippen LogP contribution in [0.3, 0.4) is 0 Å². The lowest BCUT2D eigenvalue weighted by atomic mass is 10.1. The van der Waals surface area contributed by atoms with E-state index in [0.717, 1.165) is 31.4 Å². The summed E-state index contributed by atoms with van der Waals surface area (Å²) in [4.78, 5) is 13.2. The van der Waals surface area contributed by atoms with Gasteiger partial charge in [0.25, 0.3) is 0 Å². The van der Waals surface area contributed by atoms with Gasteiger partial charge in [0.1, 0.15) is 0 Å². The average molecular weight is 330 g/mol. The van der Waals surface area contributed by atoms with Crippen LogP contribution in [-0.4, -0.2) is 45.5 Å². The van der Waals surface area contributed by atoms with Gasteiger partial charge in [0, 0.05) is 25.0 Å². The third-order valence-corrected chi connectivity index (χ3v) is 3.94. The van der Waals surface area contributed by atoms with Crippen LogP contribution in [0.1, 0.15) is 32.1 Å². The normalized spacial score (nSPS) is 17.1. The first-order valence-corrected chi connectivity index (χ1v) is 8.42. The molecular weight excluding hydrogens is 308 g/mol. The van der Waals surface area contributed by atoms with E-state index in [-0.39, 0.29) is 12.1 Å². The summed E-state index contributed by atoms with van der Waals surface area (Å²) in [5, 5.41) is 12.4. The highest BCUT2D eigenvalue weighted by molar-refractivity contribution is 5.69. The predicted molar refractivity (Wildman–Crippen MR) is 87.0 cm³/mol. The molecule has 1 saturated heterocycles. The minimum atomic E-state index is -0.165. The Bertz CT molecular complexity index is 638. The largest absolute Gasteiger partial charge is 0.466 e. The number of carbonyl (C=O) groups is 1. The molecule has 0 spiro atoms. The maximum atomic E-state index is 11.7. The molecule has 7 nitrogen and oxygen atoms in total. The zero-order chi connectivity index (χ0) is 16.6. The molecule has 1 aromatic heterocycles. The van der Waals surface area contributed by atoms with E-state index in [2.05, 4.69) is 15.4 Å². The second-order valence-electron chi connectivity index (χ2n) is 5.82. The number of hydrogen-bond acceptors (Lipinski definition) is 6. The van der Waals surface area contributed by atoms with E-state index in [4.69, 9.17) is 9.47 Å². The number of carbonyl (C=O) groups excluding carboxylic acids is 1. The molecule has 1 aliphatic heterocycles. The fourth-order valence-electron chi connectivity index (χ4n) is 2.66. The standard InChI is InChI=1S/C17H22N4O3/c22-16(10-9-15-8-4-12-23-15)24-13-5-11-21-19-17(18-20-21)14-6-2-1-3-7-14/h1-3,6-7,15H,4-5,8-13H2/t15-/m1/s1. The molecule has 2 heterocycles. The van der Waals surface area contributed by atoms with Gasteiger partial charge in [-0.2, -0.15) is 4.80 Å². The first kappa shape index (κ1) is 16.6. The lowest BCUT2D eigenvalue weighted by Crippen LogP contribution is -2.13. The van der Waals surface area contributed by atoms with Crippen LogP contribution in [0.25, 0.3) is 11.4 Å². The van der Waals surface area contributed by atoms with Gasteiger partial charge in [-0.3, -0.25) is 4.79 Å². The molecular formula is C17H22N4O3. The van der Waals surface area contributed by atoms with Gasteiger partial charge in [0.2, 0.25) is 5.82 Å². The smallest absolute Gasteiger partial charge is 0.305 e. The Morgan fingerprint density at radius 1 is 1.33 bits per heavy atom. The van der Waals surface area contributed by atoms with Crippen molar-refractivity contribution in [2.45, 2.75) is 44.8 Å². The highest BCUT2D eigenvalue weighted by atomic mass is 16.5. The number of esters is 1. The highest BCUT2D eigenvalue weighted by Gasteiger charge is 2.17. The molecule has 1 fully saturated rings. The van der Waals surface area contributed by atoms with Gasteiger partial charge in [-0.25, -0.2) is 0 Å². The number of hydrogen-bond donors (Lipinski definition) is 0. The first-order valence-electron chi connectivity index (χ1n) is 8.42. The SMILES string of the molecule is O=C(CC[C@H]1CCCO1)OCCCn1nnc(-c2ccccc2)n1. The van der Waals surface area contributed by atoms with Gasteiger partial charge in [0.15, 0.2) is 0 Å². The van der Waals surface area contributed by atoms with Crippen molar-refractivity contribution in [1.82, 2.24) is 20.2 Å². The number of aromatic nitrogens is 4. The molecule has 7 heteroatoms. The number of tetrazole rings is 1. The lowest BCUT2D eigenvalue weighted by Gasteiger charge is -2.08. The summed E-state index contributed by atoms with van der Waals surface area (Å²) in [6, 6.07) is 9.70. The van der Waals surface area contributed by atoms with Crippen LogP contribution in [-0.2, 0) is 20.8 Å². The summed E-state index contributed by atoms with van der Waals surface area (Å²) < 4.78 is 10.7. The van der Waals surface area contributed by atoms with E-state index < -0.39 is 0 Å². The second kappa shape index (κ2) is 8.54. The average Bonchev–Trinajstić information content (AvgIpc) is 3.29. The molecule has 0 aliphatic carbocycles. The molecule has 3 rings (SSSR count). The summed E-state index contributed by atoms with van der Waals surface area (Å²) in [5.41, 5.74) is 0.935. The van der Waals surface area contributed by atoms with Crippen LogP contribution in [0, 0.1) is 0 Å². The Morgan fingerprint density at radius 3 is 3.00 bits per heavy atom. The van der Waals surface area contributed by atoms with Crippen LogP contribution in [0.5, 0.6) is 0 Å². The van der Waals surface area contributed by atoms with Crippen LogP contribution in [0.4, 0.5) is 0 Å². The van der Waals surface area contributed by atoms with Gasteiger partial charge in [-0.1, -0.05) is 30.3 Å². The Hall–Kier alpha value is -2.28. The number of nitrogens with zero attached hydrogens (tertiary/aromatic N) is 4. The number of benzene rings is 1. The molecule has 1 aliphatic rings. The van der Waals surface area contributed by atoms with Crippen molar-refractivity contribution in [1.29, 1.82) is 0 Å². The maximum absolute atomic E-state index is 11.7. The van der Waals surface area contributed by atoms with Crippen LogP contribution in [0.2, 0.25) is 0 Å². The number of aryl methyl sites for hydroxylation is 1. The van der Waals surface area contributed by atoms with Crippen molar-refractivity contribution < 1.29 is 14.3 Å². The fraction of sp³-hybridized carbons (Fsp3) is 0.529. The minimum Gasteiger partial charge on any atom is -0.466 e. The molecule has 0 N–H and O–H groups in total. The lowest BCUT2D eigenvalue weighted by molar-refractivity contribution is -0.144. The Morgan fingerprint density at radius 2 is 2.21 bits per heavy atom. The first-order chi connectivity index (χ1) is 11.8. The van der Waals surface area contributed by atoms with Crippen molar-refractivity contribution in [2.75, 3.05) is 13.2 Å². The summed E-state index contributed by atoms with van der Waals surface area (Å²) in [5.74, 6) is 0.436. The summed E-state index contributed by atoms with van der Waals surface area (Å²) in [7, 11) is 0. The van der Waals surface area contributed by atoms with Crippen molar-refractivity contribution in [3.8, 4) is 11.4 Å². The Balaban J connectivity index is 1.33. The van der Waals surface area contributed by atoms with Crippen LogP contribution in [0.15, 0.2) is 30.3 Å². The minimum absolute atomic E-state index is 0.165. The fourth-order valence-corrected chi connectivity index (χ4v) is 2.66. The zero-order valence-corrected chi connectivity index (χ0v) is 13.6. The van der Waals surface area contributed by atoms with Crippen LogP contribution < -0.4 is 0 Å². The molecule has 24 heavy (non-hydrogen) atoms. The predicted octanol–water partition coefficient (Wildman–Crippen LogP) is 2.23. The zero-order valence-electron chi connectivity index (χ0n) is 13.6. The Kier molecular flexibility index (Phi) is 5.90. The summed E-state index contributed by atoms with van der Waals surface area (Å²) in [6.07, 6.45) is 4.21. The van der Waals surface area contributed by atoms with E-state index in [1.54, 1.807) is 0 Å². The topological polar surface area (TPSA) is 79.1 Å². The van der Waals surface area contributed by atoms with Gasteiger partial charge >= 0.3 is 5.97 Å². The van der Waals surface area contributed by atoms with Gasteiger partial charge in [-0.15, -0.1) is 10.2 Å². The molecule has 1 atom stereocenters. The molecule has 128 valence electrons. The van der Waals surface area contributed by atoms with E-state index >= 15 is 0 Å². The molecule has 1 aromatic carbocycles. The molecule has 0 saturated carbocycles. The number of rotatable bonds is 8. The quantitative estimate of drug-likeness (QED) is 0.545. The van der Waals surface area contributed by atoms with Crippen molar-refractivity contribution in [3.63, 3.8) is 0 Å². The molecule has 2 aromatic rings. The third-order valence-electron chi connectivity index (χ3n) is 3.94. The molecule has 0 amide bonds. The molecule has 0 unspecified atom stereocenters. The third kappa shape index (κ3) is 4.86. The summed E-state index contributed by atoms with van der Waals surface area (Å²) in [6.45, 7) is 1.75.